The lowest BCUT2D eigenvalue weighted by molar-refractivity contribution is 0.743. The molecule has 3 aromatic carbocycles. The lowest BCUT2D eigenvalue weighted by atomic mass is 9.81. The number of nitrogens with zero attached hydrogens (tertiary/aromatic N) is 1. The van der Waals surface area contributed by atoms with Gasteiger partial charge in [-0.1, -0.05) is 72.8 Å². The minimum atomic E-state index is 0.269. The van der Waals surface area contributed by atoms with E-state index in [-0.39, 0.29) is 12.0 Å². The molecule has 2 atom stereocenters. The fourth-order valence-corrected chi connectivity index (χ4v) is 4.12. The van der Waals surface area contributed by atoms with E-state index in [1.54, 1.807) is 0 Å². The number of anilines is 2. The highest BCUT2D eigenvalue weighted by molar-refractivity contribution is 6.23. The zero-order valence-electron chi connectivity index (χ0n) is 14.4. The number of hydrogen-bond donors (Lipinski definition) is 0. The summed E-state index contributed by atoms with van der Waals surface area (Å²) in [5, 5.41) is 0. The average Bonchev–Trinajstić information content (AvgIpc) is 3.02. The molecule has 0 saturated carbocycles. The molecule has 1 aliphatic heterocycles. The van der Waals surface area contributed by atoms with Crippen LogP contribution in [-0.2, 0) is 0 Å². The number of rotatable bonds is 2. The Labute approximate surface area is 155 Å². The zero-order chi connectivity index (χ0) is 17.5. The van der Waals surface area contributed by atoms with Crippen molar-refractivity contribution in [1.82, 2.24) is 0 Å². The molecule has 122 valence electrons. The van der Waals surface area contributed by atoms with Crippen molar-refractivity contribution in [2.75, 3.05) is 4.90 Å². The molecule has 0 N–H and O–H groups in total. The SMILES string of the molecule is [B]C1=CC2c3cc(-c4ccccc4)ccc3N(c3ccccc3)C2C=C1. The van der Waals surface area contributed by atoms with Crippen molar-refractivity contribution >= 4 is 19.2 Å². The van der Waals surface area contributed by atoms with Crippen molar-refractivity contribution in [2.45, 2.75) is 12.0 Å². The van der Waals surface area contributed by atoms with E-state index in [4.69, 9.17) is 7.85 Å². The summed E-state index contributed by atoms with van der Waals surface area (Å²) in [7, 11) is 6.14. The Morgan fingerprint density at radius 1 is 0.769 bits per heavy atom. The third-order valence-electron chi connectivity index (χ3n) is 5.31. The maximum Gasteiger partial charge on any atom is 0.113 e. The summed E-state index contributed by atoms with van der Waals surface area (Å²) < 4.78 is 0. The predicted molar refractivity (Wildman–Crippen MR) is 110 cm³/mol. The van der Waals surface area contributed by atoms with Gasteiger partial charge in [-0.15, -0.1) is 5.47 Å². The highest BCUT2D eigenvalue weighted by atomic mass is 15.2. The number of allylic oxidation sites excluding steroid dienone is 2. The second-order valence-corrected chi connectivity index (χ2v) is 6.89. The second-order valence-electron chi connectivity index (χ2n) is 6.89. The van der Waals surface area contributed by atoms with Gasteiger partial charge in [0.2, 0.25) is 0 Å². The Morgan fingerprint density at radius 3 is 2.27 bits per heavy atom. The van der Waals surface area contributed by atoms with Crippen molar-refractivity contribution in [3.05, 3.63) is 108 Å². The van der Waals surface area contributed by atoms with Gasteiger partial charge in [0.1, 0.15) is 7.85 Å². The van der Waals surface area contributed by atoms with Gasteiger partial charge in [0.05, 0.1) is 6.04 Å². The minimum absolute atomic E-state index is 0.269. The molecule has 0 saturated heterocycles. The second kappa shape index (κ2) is 6.07. The molecule has 3 aromatic rings. The van der Waals surface area contributed by atoms with Gasteiger partial charge in [-0.2, -0.15) is 0 Å². The molecule has 0 aromatic heterocycles. The number of fused-ring (bicyclic) bond motifs is 3. The summed E-state index contributed by atoms with van der Waals surface area (Å²) in [6.07, 6.45) is 6.46. The van der Waals surface area contributed by atoms with Crippen molar-refractivity contribution in [2.24, 2.45) is 0 Å². The molecule has 5 rings (SSSR count). The van der Waals surface area contributed by atoms with Crippen molar-refractivity contribution < 1.29 is 0 Å². The van der Waals surface area contributed by atoms with Crippen molar-refractivity contribution in [3.8, 4) is 11.1 Å². The fourth-order valence-electron chi connectivity index (χ4n) is 4.12. The Morgan fingerprint density at radius 2 is 1.50 bits per heavy atom. The molecular formula is C24H18BN. The Bertz CT molecular complexity index is 1000. The van der Waals surface area contributed by atoms with Crippen LogP contribution in [0.4, 0.5) is 11.4 Å². The molecule has 2 unspecified atom stereocenters. The standard InChI is InChI=1S/C24H18BN/c25-19-12-14-24-22(16-19)21-15-18(17-7-3-1-4-8-17)11-13-23(21)26(24)20-9-5-2-6-10-20/h1-16,22,24H. The van der Waals surface area contributed by atoms with Gasteiger partial charge in [-0.05, 0) is 41.0 Å². The van der Waals surface area contributed by atoms with Crippen molar-refractivity contribution in [3.63, 3.8) is 0 Å². The van der Waals surface area contributed by atoms with Crippen LogP contribution in [0.3, 0.4) is 0 Å². The van der Waals surface area contributed by atoms with Gasteiger partial charge in [0, 0.05) is 17.3 Å². The first-order chi connectivity index (χ1) is 12.8. The minimum Gasteiger partial charge on any atom is -0.333 e. The van der Waals surface area contributed by atoms with E-state index in [0.29, 0.717) is 0 Å². The van der Waals surface area contributed by atoms with Crippen LogP contribution < -0.4 is 4.90 Å². The largest absolute Gasteiger partial charge is 0.333 e. The van der Waals surface area contributed by atoms with E-state index < -0.39 is 0 Å². The van der Waals surface area contributed by atoms with Crippen LogP contribution in [0.2, 0.25) is 0 Å². The highest BCUT2D eigenvalue weighted by Crippen LogP contribution is 2.49. The normalized spacial score (nSPS) is 20.5. The average molecular weight is 331 g/mol. The lowest BCUT2D eigenvalue weighted by Crippen LogP contribution is -2.29. The first-order valence-corrected chi connectivity index (χ1v) is 9.00. The summed E-state index contributed by atoms with van der Waals surface area (Å²) >= 11 is 0. The van der Waals surface area contributed by atoms with E-state index in [1.165, 1.54) is 28.1 Å². The first kappa shape index (κ1) is 15.3. The number of benzene rings is 3. The van der Waals surface area contributed by atoms with Crippen LogP contribution in [-0.4, -0.2) is 13.9 Å². The molecular weight excluding hydrogens is 313 g/mol. The summed E-state index contributed by atoms with van der Waals surface area (Å²) in [6, 6.07) is 28.2. The van der Waals surface area contributed by atoms with Crippen molar-refractivity contribution in [1.29, 1.82) is 0 Å². The predicted octanol–water partition coefficient (Wildman–Crippen LogP) is 5.58. The Kier molecular flexibility index (Phi) is 3.56. The number of para-hydroxylation sites is 1. The summed E-state index contributed by atoms with van der Waals surface area (Å²) in [5.74, 6) is 0.277. The van der Waals surface area contributed by atoms with Gasteiger partial charge in [-0.25, -0.2) is 0 Å². The monoisotopic (exact) mass is 331 g/mol. The molecule has 0 fully saturated rings. The molecule has 0 amide bonds. The third kappa shape index (κ3) is 2.41. The maximum absolute atomic E-state index is 6.14. The topological polar surface area (TPSA) is 3.24 Å². The lowest BCUT2D eigenvalue weighted by Gasteiger charge is -2.29. The highest BCUT2D eigenvalue weighted by Gasteiger charge is 2.37. The third-order valence-corrected chi connectivity index (χ3v) is 5.31. The summed E-state index contributed by atoms with van der Waals surface area (Å²) in [4.78, 5) is 2.42. The van der Waals surface area contributed by atoms with Gasteiger partial charge in [0.15, 0.2) is 0 Å². The fraction of sp³-hybridized carbons (Fsp3) is 0.0833. The van der Waals surface area contributed by atoms with Gasteiger partial charge in [-0.3, -0.25) is 0 Å². The Hall–Kier alpha value is -3.00. The molecule has 2 radical (unpaired) electrons. The smallest absolute Gasteiger partial charge is 0.113 e. The molecule has 0 spiro atoms. The molecule has 1 nitrogen and oxygen atoms in total. The van der Waals surface area contributed by atoms with Gasteiger partial charge < -0.3 is 4.90 Å². The van der Waals surface area contributed by atoms with Crippen LogP contribution in [0.25, 0.3) is 11.1 Å². The zero-order valence-corrected chi connectivity index (χ0v) is 14.4. The van der Waals surface area contributed by atoms with E-state index in [0.717, 1.165) is 5.47 Å². The van der Waals surface area contributed by atoms with E-state index in [9.17, 15) is 0 Å². The van der Waals surface area contributed by atoms with Crippen LogP contribution in [0.15, 0.2) is 103 Å². The van der Waals surface area contributed by atoms with Gasteiger partial charge >= 0.3 is 0 Å². The van der Waals surface area contributed by atoms with E-state index >= 15 is 0 Å². The Balaban J connectivity index is 1.68. The quantitative estimate of drug-likeness (QED) is 0.554. The molecule has 0 bridgehead atoms. The molecule has 1 heterocycles. The molecule has 1 aliphatic carbocycles. The van der Waals surface area contributed by atoms with Crippen LogP contribution in [0, 0.1) is 0 Å². The van der Waals surface area contributed by atoms with E-state index in [2.05, 4.69) is 95.9 Å². The summed E-state index contributed by atoms with van der Waals surface area (Å²) in [6.45, 7) is 0. The molecule has 26 heavy (non-hydrogen) atoms. The van der Waals surface area contributed by atoms with Gasteiger partial charge in [0.25, 0.3) is 0 Å². The maximum atomic E-state index is 6.14. The van der Waals surface area contributed by atoms with Crippen LogP contribution >= 0.6 is 0 Å². The number of hydrogen-bond acceptors (Lipinski definition) is 1. The van der Waals surface area contributed by atoms with Crippen LogP contribution in [0.1, 0.15) is 11.5 Å². The van der Waals surface area contributed by atoms with Crippen LogP contribution in [0.5, 0.6) is 0 Å². The first-order valence-electron chi connectivity index (χ1n) is 9.00. The molecule has 2 heteroatoms. The molecule has 2 aliphatic rings. The van der Waals surface area contributed by atoms with E-state index in [1.807, 2.05) is 6.08 Å². The summed E-state index contributed by atoms with van der Waals surface area (Å²) in [5.41, 5.74) is 7.16.